The number of alkyl halides is 1. The monoisotopic (exact) mass is 418 g/mol. The van der Waals surface area contributed by atoms with Gasteiger partial charge in [-0.25, -0.2) is 0 Å². The number of rotatable bonds is 9. The molecule has 1 rings (SSSR count). The third-order valence-electron chi connectivity index (χ3n) is 3.70. The first-order valence-electron chi connectivity index (χ1n) is 7.47. The Morgan fingerprint density at radius 2 is 1.86 bits per heavy atom. The fraction of sp³-hybridized carbons (Fsp3) is 0.588. The van der Waals surface area contributed by atoms with E-state index in [1.54, 1.807) is 6.92 Å². The molecule has 0 amide bonds. The number of carbonyl (C=O) groups is 1. The highest BCUT2D eigenvalue weighted by atomic mass is 79.9. The molecule has 4 heteroatoms. The van der Waals surface area contributed by atoms with E-state index in [2.05, 4.69) is 45.7 Å². The van der Waals surface area contributed by atoms with Crippen LogP contribution in [0.5, 0.6) is 5.75 Å². The van der Waals surface area contributed by atoms with Gasteiger partial charge in [-0.15, -0.1) is 0 Å². The molecular formula is C17H24Br2O2. The van der Waals surface area contributed by atoms with Crippen LogP contribution in [0.2, 0.25) is 0 Å². The summed E-state index contributed by atoms with van der Waals surface area (Å²) >= 11 is 7.06. The summed E-state index contributed by atoms with van der Waals surface area (Å²) < 4.78 is 6.94. The molecule has 118 valence electrons. The second-order valence-electron chi connectivity index (χ2n) is 5.62. The first-order chi connectivity index (χ1) is 9.98. The van der Waals surface area contributed by atoms with Crippen molar-refractivity contribution in [3.63, 3.8) is 0 Å². The van der Waals surface area contributed by atoms with Gasteiger partial charge in [0, 0.05) is 15.2 Å². The van der Waals surface area contributed by atoms with E-state index in [1.807, 2.05) is 18.2 Å². The summed E-state index contributed by atoms with van der Waals surface area (Å²) in [6, 6.07) is 5.61. The Morgan fingerprint density at radius 3 is 2.33 bits per heavy atom. The van der Waals surface area contributed by atoms with Gasteiger partial charge in [0.25, 0.3) is 0 Å². The number of hydrogen-bond donors (Lipinski definition) is 0. The molecule has 2 nitrogen and oxygen atoms in total. The Bertz CT molecular complexity index is 466. The lowest BCUT2D eigenvalue weighted by molar-refractivity contribution is 0.100. The lowest BCUT2D eigenvalue weighted by atomic mass is 9.82. The minimum atomic E-state index is 0.0294. The van der Waals surface area contributed by atoms with E-state index in [1.165, 1.54) is 0 Å². The van der Waals surface area contributed by atoms with Gasteiger partial charge in [0.1, 0.15) is 5.75 Å². The second-order valence-corrected chi connectivity index (χ2v) is 7.10. The van der Waals surface area contributed by atoms with E-state index in [-0.39, 0.29) is 11.2 Å². The highest BCUT2D eigenvalue weighted by Crippen LogP contribution is 2.34. The number of ketones is 1. The summed E-state index contributed by atoms with van der Waals surface area (Å²) in [6.45, 7) is 6.62. The summed E-state index contributed by atoms with van der Waals surface area (Å²) in [4.78, 5) is 11.8. The molecule has 0 radical (unpaired) electrons. The van der Waals surface area contributed by atoms with E-state index in [0.717, 1.165) is 35.5 Å². The first-order valence-corrected chi connectivity index (χ1v) is 9.38. The van der Waals surface area contributed by atoms with Gasteiger partial charge in [-0.1, -0.05) is 58.5 Å². The zero-order valence-electron chi connectivity index (χ0n) is 13.0. The average Bonchev–Trinajstić information content (AvgIpc) is 2.46. The standard InChI is InChI=1S/C17H24Br2O2/c1-4-8-17(11-18,9-5-2)12-21-16-7-6-14(19)10-15(16)13(3)20/h6-7,10H,4-5,8-9,11-12H2,1-3H3. The topological polar surface area (TPSA) is 26.3 Å². The van der Waals surface area contributed by atoms with Gasteiger partial charge in [-0.05, 0) is 38.0 Å². The van der Waals surface area contributed by atoms with E-state index in [0.29, 0.717) is 17.9 Å². The van der Waals surface area contributed by atoms with Crippen molar-refractivity contribution in [1.29, 1.82) is 0 Å². The van der Waals surface area contributed by atoms with Gasteiger partial charge in [0.05, 0.1) is 12.2 Å². The molecule has 0 aliphatic heterocycles. The lowest BCUT2D eigenvalue weighted by Gasteiger charge is -2.31. The van der Waals surface area contributed by atoms with Crippen LogP contribution in [0, 0.1) is 5.41 Å². The van der Waals surface area contributed by atoms with Crippen LogP contribution in [0.1, 0.15) is 56.8 Å². The number of carbonyl (C=O) groups excluding carboxylic acids is 1. The van der Waals surface area contributed by atoms with E-state index < -0.39 is 0 Å². The molecule has 21 heavy (non-hydrogen) atoms. The van der Waals surface area contributed by atoms with Crippen LogP contribution in [0.4, 0.5) is 0 Å². The molecule has 0 unspecified atom stereocenters. The van der Waals surface area contributed by atoms with Gasteiger partial charge in [-0.2, -0.15) is 0 Å². The third kappa shape index (κ3) is 5.41. The average molecular weight is 420 g/mol. The number of hydrogen-bond acceptors (Lipinski definition) is 2. The Kier molecular flexibility index (Phi) is 7.96. The van der Waals surface area contributed by atoms with Gasteiger partial charge >= 0.3 is 0 Å². The molecule has 0 aromatic heterocycles. The van der Waals surface area contributed by atoms with Crippen LogP contribution in [-0.4, -0.2) is 17.7 Å². The van der Waals surface area contributed by atoms with Crippen LogP contribution < -0.4 is 4.74 Å². The van der Waals surface area contributed by atoms with Crippen molar-refractivity contribution in [3.8, 4) is 5.75 Å². The second kappa shape index (κ2) is 8.94. The maximum atomic E-state index is 11.8. The predicted octanol–water partition coefficient (Wildman–Crippen LogP) is 6.01. The highest BCUT2D eigenvalue weighted by molar-refractivity contribution is 9.10. The highest BCUT2D eigenvalue weighted by Gasteiger charge is 2.28. The fourth-order valence-corrected chi connectivity index (χ4v) is 3.72. The lowest BCUT2D eigenvalue weighted by Crippen LogP contribution is -2.30. The smallest absolute Gasteiger partial charge is 0.163 e. The molecule has 0 spiro atoms. The van der Waals surface area contributed by atoms with Gasteiger partial charge < -0.3 is 4.74 Å². The van der Waals surface area contributed by atoms with E-state index in [4.69, 9.17) is 4.74 Å². The van der Waals surface area contributed by atoms with Crippen LogP contribution in [-0.2, 0) is 0 Å². The molecule has 0 bridgehead atoms. The minimum absolute atomic E-state index is 0.0294. The summed E-state index contributed by atoms with van der Waals surface area (Å²) in [6.07, 6.45) is 4.51. The molecule has 0 N–H and O–H groups in total. The maximum Gasteiger partial charge on any atom is 0.163 e. The normalized spacial score (nSPS) is 11.5. The molecular weight excluding hydrogens is 396 g/mol. The van der Waals surface area contributed by atoms with Crippen molar-refractivity contribution in [2.75, 3.05) is 11.9 Å². The largest absolute Gasteiger partial charge is 0.492 e. The molecule has 0 saturated heterocycles. The zero-order chi connectivity index (χ0) is 15.9. The Morgan fingerprint density at radius 1 is 1.24 bits per heavy atom. The number of benzene rings is 1. The molecule has 0 atom stereocenters. The van der Waals surface area contributed by atoms with Crippen molar-refractivity contribution in [1.82, 2.24) is 0 Å². The summed E-state index contributed by atoms with van der Waals surface area (Å²) in [7, 11) is 0. The van der Waals surface area contributed by atoms with Crippen LogP contribution in [0.15, 0.2) is 22.7 Å². The zero-order valence-corrected chi connectivity index (χ0v) is 16.2. The van der Waals surface area contributed by atoms with Crippen LogP contribution in [0.3, 0.4) is 0 Å². The summed E-state index contributed by atoms with van der Waals surface area (Å²) in [5.41, 5.74) is 0.783. The molecule has 0 aliphatic rings. The summed E-state index contributed by atoms with van der Waals surface area (Å²) in [5.74, 6) is 0.713. The Balaban J connectivity index is 2.92. The van der Waals surface area contributed by atoms with Crippen LogP contribution in [0.25, 0.3) is 0 Å². The molecule has 1 aromatic rings. The van der Waals surface area contributed by atoms with E-state index >= 15 is 0 Å². The van der Waals surface area contributed by atoms with Gasteiger partial charge in [0.2, 0.25) is 0 Å². The molecule has 0 saturated carbocycles. The Labute approximate surface area is 144 Å². The summed E-state index contributed by atoms with van der Waals surface area (Å²) in [5, 5.41) is 0.924. The third-order valence-corrected chi connectivity index (χ3v) is 5.38. The fourth-order valence-electron chi connectivity index (χ4n) is 2.64. The molecule has 0 heterocycles. The quantitative estimate of drug-likeness (QED) is 0.361. The van der Waals surface area contributed by atoms with Crippen LogP contribution >= 0.6 is 31.9 Å². The SMILES string of the molecule is CCCC(CBr)(CCC)COc1ccc(Br)cc1C(C)=O. The maximum absolute atomic E-state index is 11.8. The molecule has 0 aliphatic carbocycles. The number of halogens is 2. The minimum Gasteiger partial charge on any atom is -0.492 e. The first kappa shape index (κ1) is 18.7. The predicted molar refractivity (Wildman–Crippen MR) is 95.7 cm³/mol. The number of Topliss-reactive ketones (excluding diaryl/α,β-unsaturated/α-hetero) is 1. The molecule has 0 fully saturated rings. The van der Waals surface area contributed by atoms with Gasteiger partial charge in [0.15, 0.2) is 5.78 Å². The molecule has 1 aromatic carbocycles. The van der Waals surface area contributed by atoms with E-state index in [9.17, 15) is 4.79 Å². The van der Waals surface area contributed by atoms with Crippen molar-refractivity contribution in [2.45, 2.75) is 46.5 Å². The van der Waals surface area contributed by atoms with Crippen molar-refractivity contribution < 1.29 is 9.53 Å². The van der Waals surface area contributed by atoms with Crippen molar-refractivity contribution >= 4 is 37.6 Å². The number of ether oxygens (including phenoxy) is 1. The van der Waals surface area contributed by atoms with Gasteiger partial charge in [-0.3, -0.25) is 4.79 Å². The van der Waals surface area contributed by atoms with Crippen molar-refractivity contribution in [2.24, 2.45) is 5.41 Å². The van der Waals surface area contributed by atoms with Crippen molar-refractivity contribution in [3.05, 3.63) is 28.2 Å². The Hall–Kier alpha value is -0.350.